The molecule has 158 valence electrons. The maximum absolute atomic E-state index is 12.7. The van der Waals surface area contributed by atoms with Gasteiger partial charge < -0.3 is 14.8 Å². The van der Waals surface area contributed by atoms with Crippen LogP contribution >= 0.6 is 0 Å². The molecule has 2 N–H and O–H groups in total. The highest BCUT2D eigenvalue weighted by Crippen LogP contribution is 2.30. The molecule has 8 nitrogen and oxygen atoms in total. The van der Waals surface area contributed by atoms with Crippen LogP contribution in [0.5, 0.6) is 0 Å². The van der Waals surface area contributed by atoms with Crippen molar-refractivity contribution >= 4 is 22.7 Å². The molecule has 30 heavy (non-hydrogen) atoms. The second kappa shape index (κ2) is 7.93. The molecular formula is C22H28N6O2. The van der Waals surface area contributed by atoms with Crippen LogP contribution in [0.15, 0.2) is 30.6 Å². The Labute approximate surface area is 175 Å². The molecule has 0 atom stereocenters. The summed E-state index contributed by atoms with van der Waals surface area (Å²) in [6.07, 6.45) is 5.02. The van der Waals surface area contributed by atoms with Gasteiger partial charge in [-0.15, -0.1) is 0 Å². The van der Waals surface area contributed by atoms with Crippen LogP contribution in [0.1, 0.15) is 41.6 Å². The first-order valence-corrected chi connectivity index (χ1v) is 10.3. The van der Waals surface area contributed by atoms with E-state index in [4.69, 9.17) is 0 Å². The molecule has 1 aliphatic rings. The Kier molecular flexibility index (Phi) is 5.32. The van der Waals surface area contributed by atoms with Crippen molar-refractivity contribution in [1.82, 2.24) is 30.0 Å². The topological polar surface area (TPSA) is 95.9 Å². The third-order valence-electron chi connectivity index (χ3n) is 6.27. The number of aromatic amines is 1. The summed E-state index contributed by atoms with van der Waals surface area (Å²) in [5.41, 5.74) is 3.37. The summed E-state index contributed by atoms with van der Waals surface area (Å²) in [7, 11) is 0. The summed E-state index contributed by atoms with van der Waals surface area (Å²) in [5.74, 6) is -0.0301. The van der Waals surface area contributed by atoms with E-state index in [-0.39, 0.29) is 17.2 Å². The number of carbonyl (C=O) groups is 2. The van der Waals surface area contributed by atoms with Crippen molar-refractivity contribution in [3.8, 4) is 0 Å². The number of rotatable bonds is 5. The van der Waals surface area contributed by atoms with Crippen LogP contribution in [-0.4, -0.2) is 56.1 Å². The number of likely N-dealkylation sites (tertiary alicyclic amines) is 1. The fraction of sp³-hybridized carbons (Fsp3) is 0.455. The Bertz CT molecular complexity index is 1050. The summed E-state index contributed by atoms with van der Waals surface area (Å²) >= 11 is 0. The van der Waals surface area contributed by atoms with Gasteiger partial charge in [0.2, 0.25) is 5.91 Å². The Morgan fingerprint density at radius 3 is 2.57 bits per heavy atom. The van der Waals surface area contributed by atoms with E-state index in [0.717, 1.165) is 35.1 Å². The van der Waals surface area contributed by atoms with Crippen molar-refractivity contribution in [3.63, 3.8) is 0 Å². The van der Waals surface area contributed by atoms with Gasteiger partial charge in [-0.05, 0) is 50.3 Å². The number of amides is 2. The number of aryl methyl sites for hydroxylation is 2. The van der Waals surface area contributed by atoms with Gasteiger partial charge in [-0.1, -0.05) is 6.92 Å². The van der Waals surface area contributed by atoms with Gasteiger partial charge in [0.1, 0.15) is 12.2 Å². The molecule has 1 aliphatic heterocycles. The molecule has 3 aromatic rings. The van der Waals surface area contributed by atoms with Gasteiger partial charge in [0, 0.05) is 36.4 Å². The van der Waals surface area contributed by atoms with E-state index in [2.05, 4.69) is 32.0 Å². The zero-order valence-electron chi connectivity index (χ0n) is 17.7. The molecule has 1 fully saturated rings. The largest absolute Gasteiger partial charge is 0.350 e. The fourth-order valence-electron chi connectivity index (χ4n) is 4.01. The van der Waals surface area contributed by atoms with Gasteiger partial charge in [-0.3, -0.25) is 14.7 Å². The summed E-state index contributed by atoms with van der Waals surface area (Å²) < 4.78 is 2.06. The first-order chi connectivity index (χ1) is 14.3. The quantitative estimate of drug-likeness (QED) is 0.678. The lowest BCUT2D eigenvalue weighted by Gasteiger charge is -2.39. The van der Waals surface area contributed by atoms with Gasteiger partial charge in [-0.2, -0.15) is 5.10 Å². The van der Waals surface area contributed by atoms with Crippen LogP contribution in [-0.2, 0) is 11.3 Å². The van der Waals surface area contributed by atoms with Gasteiger partial charge in [0.25, 0.3) is 5.91 Å². The smallest absolute Gasteiger partial charge is 0.269 e. The molecule has 0 aromatic carbocycles. The average Bonchev–Trinajstić information content (AvgIpc) is 3.33. The van der Waals surface area contributed by atoms with Crippen molar-refractivity contribution in [3.05, 3.63) is 47.7 Å². The molecule has 4 rings (SSSR count). The highest BCUT2D eigenvalue weighted by atomic mass is 16.2. The molecule has 3 aromatic heterocycles. The van der Waals surface area contributed by atoms with E-state index in [1.807, 2.05) is 30.9 Å². The Morgan fingerprint density at radius 1 is 1.17 bits per heavy atom. The van der Waals surface area contributed by atoms with E-state index in [0.29, 0.717) is 31.9 Å². The van der Waals surface area contributed by atoms with Crippen molar-refractivity contribution in [2.75, 3.05) is 19.6 Å². The lowest BCUT2D eigenvalue weighted by atomic mass is 9.80. The molecule has 0 bridgehead atoms. The molecule has 0 spiro atoms. The van der Waals surface area contributed by atoms with Crippen molar-refractivity contribution in [2.24, 2.45) is 5.41 Å². The minimum Gasteiger partial charge on any atom is -0.350 e. The van der Waals surface area contributed by atoms with Crippen LogP contribution in [0, 0.1) is 19.3 Å². The normalized spacial score (nSPS) is 16.0. The van der Waals surface area contributed by atoms with Crippen molar-refractivity contribution in [1.29, 1.82) is 0 Å². The van der Waals surface area contributed by atoms with E-state index in [1.165, 1.54) is 0 Å². The first-order valence-electron chi connectivity index (χ1n) is 10.3. The molecule has 2 amide bonds. The predicted octanol–water partition coefficient (Wildman–Crippen LogP) is 2.43. The average molecular weight is 409 g/mol. The van der Waals surface area contributed by atoms with Crippen LogP contribution in [0.4, 0.5) is 0 Å². The monoisotopic (exact) mass is 408 g/mol. The number of hydrogen-bond donors (Lipinski definition) is 2. The number of pyridine rings is 1. The van der Waals surface area contributed by atoms with Crippen LogP contribution in [0.2, 0.25) is 0 Å². The Morgan fingerprint density at radius 2 is 1.87 bits per heavy atom. The summed E-state index contributed by atoms with van der Waals surface area (Å²) in [5, 5.41) is 10.7. The molecule has 4 heterocycles. The lowest BCUT2D eigenvalue weighted by molar-refractivity contribution is -0.134. The predicted molar refractivity (Wildman–Crippen MR) is 114 cm³/mol. The van der Waals surface area contributed by atoms with Crippen molar-refractivity contribution in [2.45, 2.75) is 40.2 Å². The van der Waals surface area contributed by atoms with E-state index in [9.17, 15) is 9.59 Å². The number of aromatic nitrogens is 4. The van der Waals surface area contributed by atoms with Gasteiger partial charge in [0.15, 0.2) is 0 Å². The van der Waals surface area contributed by atoms with Crippen molar-refractivity contribution < 1.29 is 9.59 Å². The second-order valence-electron chi connectivity index (χ2n) is 8.60. The number of piperidine rings is 1. The number of nitrogens with zero attached hydrogens (tertiary/aromatic N) is 4. The van der Waals surface area contributed by atoms with Crippen LogP contribution < -0.4 is 5.32 Å². The van der Waals surface area contributed by atoms with E-state index in [1.54, 1.807) is 18.5 Å². The zero-order chi connectivity index (χ0) is 21.3. The highest BCUT2D eigenvalue weighted by molar-refractivity contribution is 5.95. The first kappa shape index (κ1) is 20.1. The zero-order valence-corrected chi connectivity index (χ0v) is 17.7. The third-order valence-corrected chi connectivity index (χ3v) is 6.27. The number of nitrogens with one attached hydrogen (secondary N) is 2. The fourth-order valence-corrected chi connectivity index (χ4v) is 4.01. The lowest BCUT2D eigenvalue weighted by Crippen LogP contribution is -2.47. The SMILES string of the molecule is Cc1ccc(C)n1CC(=O)N1CCC(C)(CNC(=O)c2cc3cn[nH]c3cn2)CC1. The van der Waals surface area contributed by atoms with Crippen LogP contribution in [0.25, 0.3) is 10.9 Å². The molecule has 0 unspecified atom stereocenters. The molecule has 1 saturated heterocycles. The third kappa shape index (κ3) is 4.08. The maximum Gasteiger partial charge on any atom is 0.269 e. The Hall–Kier alpha value is -3.16. The molecular weight excluding hydrogens is 380 g/mol. The molecule has 0 aliphatic carbocycles. The summed E-state index contributed by atoms with van der Waals surface area (Å²) in [6, 6.07) is 5.82. The number of hydrogen-bond acceptors (Lipinski definition) is 4. The van der Waals surface area contributed by atoms with E-state index >= 15 is 0 Å². The Balaban J connectivity index is 1.30. The second-order valence-corrected chi connectivity index (χ2v) is 8.60. The number of H-pyrrole nitrogens is 1. The molecule has 0 radical (unpaired) electrons. The molecule has 8 heteroatoms. The number of fused-ring (bicyclic) bond motifs is 1. The minimum absolute atomic E-state index is 0.0362. The van der Waals surface area contributed by atoms with Gasteiger partial charge in [0.05, 0.1) is 17.9 Å². The minimum atomic E-state index is -0.184. The van der Waals surface area contributed by atoms with Gasteiger partial charge >= 0.3 is 0 Å². The molecule has 0 saturated carbocycles. The maximum atomic E-state index is 12.7. The van der Waals surface area contributed by atoms with Crippen LogP contribution in [0.3, 0.4) is 0 Å². The number of carbonyl (C=O) groups excluding carboxylic acids is 2. The summed E-state index contributed by atoms with van der Waals surface area (Å²) in [4.78, 5) is 31.4. The summed E-state index contributed by atoms with van der Waals surface area (Å²) in [6.45, 7) is 8.59. The standard InChI is InChI=1S/C22H28N6O2/c1-15-4-5-16(2)28(15)13-20(29)27-8-6-22(3,7-9-27)14-24-21(30)18-10-17-11-25-26-19(17)12-23-18/h4-5,10-12H,6-9,13-14H2,1-3H3,(H,24,30)(H,25,26). The van der Waals surface area contributed by atoms with E-state index < -0.39 is 0 Å². The highest BCUT2D eigenvalue weighted by Gasteiger charge is 2.32. The van der Waals surface area contributed by atoms with Gasteiger partial charge in [-0.25, -0.2) is 4.98 Å².